The van der Waals surface area contributed by atoms with E-state index in [0.29, 0.717) is 11.5 Å². The van der Waals surface area contributed by atoms with E-state index in [9.17, 15) is 4.79 Å². The number of nitrogens with zero attached hydrogens (tertiary/aromatic N) is 2. The van der Waals surface area contributed by atoms with Gasteiger partial charge >= 0.3 is 0 Å². The van der Waals surface area contributed by atoms with Crippen LogP contribution in [-0.4, -0.2) is 40.5 Å². The SMILES string of the molecule is CC(C)(C)N1CCC(NC(=O)c2ncoc2-c2ccco2)CC1. The number of piperidine rings is 1. The molecule has 6 heteroatoms. The molecule has 1 aliphatic heterocycles. The van der Waals surface area contributed by atoms with Gasteiger partial charge in [0.1, 0.15) is 0 Å². The van der Waals surface area contributed by atoms with Crippen molar-refractivity contribution in [2.45, 2.75) is 45.2 Å². The third kappa shape index (κ3) is 3.47. The fourth-order valence-electron chi connectivity index (χ4n) is 2.94. The number of hydrogen-bond donors (Lipinski definition) is 1. The van der Waals surface area contributed by atoms with Gasteiger partial charge in [0.15, 0.2) is 17.8 Å². The van der Waals surface area contributed by atoms with Crippen LogP contribution in [0.5, 0.6) is 0 Å². The largest absolute Gasteiger partial charge is 0.461 e. The molecule has 0 radical (unpaired) electrons. The molecule has 0 saturated carbocycles. The smallest absolute Gasteiger partial charge is 0.274 e. The lowest BCUT2D eigenvalue weighted by molar-refractivity contribution is 0.0809. The highest BCUT2D eigenvalue weighted by Gasteiger charge is 2.29. The first-order valence-corrected chi connectivity index (χ1v) is 7.98. The Balaban J connectivity index is 1.62. The molecule has 2 aromatic heterocycles. The minimum atomic E-state index is -0.209. The third-order valence-corrected chi connectivity index (χ3v) is 4.31. The number of rotatable bonds is 3. The number of furan rings is 1. The molecule has 1 N–H and O–H groups in total. The molecule has 0 bridgehead atoms. The van der Waals surface area contributed by atoms with Gasteiger partial charge in [-0.1, -0.05) is 0 Å². The maximum Gasteiger partial charge on any atom is 0.274 e. The Kier molecular flexibility index (Phi) is 4.26. The van der Waals surface area contributed by atoms with Crippen LogP contribution >= 0.6 is 0 Å². The molecular weight excluding hydrogens is 294 g/mol. The first kappa shape index (κ1) is 15.8. The lowest BCUT2D eigenvalue weighted by Crippen LogP contribution is -2.50. The van der Waals surface area contributed by atoms with Crippen LogP contribution in [0.3, 0.4) is 0 Å². The van der Waals surface area contributed by atoms with Gasteiger partial charge < -0.3 is 14.2 Å². The Hall–Kier alpha value is -2.08. The van der Waals surface area contributed by atoms with Gasteiger partial charge in [-0.15, -0.1) is 0 Å². The zero-order valence-electron chi connectivity index (χ0n) is 13.8. The van der Waals surface area contributed by atoms with Crippen LogP contribution in [0.15, 0.2) is 33.6 Å². The van der Waals surface area contributed by atoms with E-state index in [-0.39, 0.29) is 23.2 Å². The normalized spacial score (nSPS) is 17.3. The van der Waals surface area contributed by atoms with E-state index in [1.54, 1.807) is 18.4 Å². The Labute approximate surface area is 135 Å². The van der Waals surface area contributed by atoms with Crippen molar-refractivity contribution in [2.24, 2.45) is 0 Å². The Morgan fingerprint density at radius 3 is 2.65 bits per heavy atom. The summed E-state index contributed by atoms with van der Waals surface area (Å²) in [6, 6.07) is 3.67. The summed E-state index contributed by atoms with van der Waals surface area (Å²) in [5, 5.41) is 3.07. The van der Waals surface area contributed by atoms with Crippen molar-refractivity contribution < 1.29 is 13.6 Å². The van der Waals surface area contributed by atoms with Crippen molar-refractivity contribution in [3.05, 3.63) is 30.5 Å². The number of hydrogen-bond acceptors (Lipinski definition) is 5. The predicted molar refractivity (Wildman–Crippen MR) is 86.0 cm³/mol. The summed E-state index contributed by atoms with van der Waals surface area (Å²) >= 11 is 0. The van der Waals surface area contributed by atoms with Gasteiger partial charge in [-0.05, 0) is 45.7 Å². The monoisotopic (exact) mass is 317 g/mol. The van der Waals surface area contributed by atoms with E-state index in [1.165, 1.54) is 6.39 Å². The number of carbonyl (C=O) groups excluding carboxylic acids is 1. The van der Waals surface area contributed by atoms with E-state index in [1.807, 2.05) is 0 Å². The second-order valence-corrected chi connectivity index (χ2v) is 6.91. The molecule has 1 amide bonds. The molecule has 1 saturated heterocycles. The van der Waals surface area contributed by atoms with Crippen molar-refractivity contribution in [3.8, 4) is 11.5 Å². The summed E-state index contributed by atoms with van der Waals surface area (Å²) < 4.78 is 10.6. The van der Waals surface area contributed by atoms with Crippen LogP contribution in [0.2, 0.25) is 0 Å². The number of carbonyl (C=O) groups is 1. The maximum atomic E-state index is 12.5. The zero-order valence-corrected chi connectivity index (χ0v) is 13.8. The lowest BCUT2D eigenvalue weighted by Gasteiger charge is -2.40. The van der Waals surface area contributed by atoms with Gasteiger partial charge in [-0.3, -0.25) is 9.69 Å². The Morgan fingerprint density at radius 2 is 2.04 bits per heavy atom. The zero-order chi connectivity index (χ0) is 16.4. The average molecular weight is 317 g/mol. The van der Waals surface area contributed by atoms with Crippen LogP contribution < -0.4 is 5.32 Å². The summed E-state index contributed by atoms with van der Waals surface area (Å²) in [6.07, 6.45) is 4.70. The summed E-state index contributed by atoms with van der Waals surface area (Å²) in [6.45, 7) is 8.63. The highest BCUT2D eigenvalue weighted by Crippen LogP contribution is 2.24. The molecule has 1 fully saturated rings. The van der Waals surface area contributed by atoms with E-state index >= 15 is 0 Å². The molecule has 0 spiro atoms. The van der Waals surface area contributed by atoms with Crippen molar-refractivity contribution in [2.75, 3.05) is 13.1 Å². The fraction of sp³-hybridized carbons (Fsp3) is 0.529. The topological polar surface area (TPSA) is 71.5 Å². The second-order valence-electron chi connectivity index (χ2n) is 6.91. The number of oxazole rings is 1. The van der Waals surface area contributed by atoms with Gasteiger partial charge in [-0.2, -0.15) is 0 Å². The summed E-state index contributed by atoms with van der Waals surface area (Å²) in [5.41, 5.74) is 0.450. The molecule has 3 heterocycles. The molecule has 1 aliphatic rings. The van der Waals surface area contributed by atoms with Gasteiger partial charge in [0, 0.05) is 24.7 Å². The van der Waals surface area contributed by atoms with Gasteiger partial charge in [-0.25, -0.2) is 4.98 Å². The minimum Gasteiger partial charge on any atom is -0.461 e. The first-order chi connectivity index (χ1) is 10.9. The first-order valence-electron chi connectivity index (χ1n) is 7.98. The standard InChI is InChI=1S/C17H23N3O3/c1-17(2,3)20-8-6-12(7-9-20)19-16(21)14-15(23-11-18-14)13-5-4-10-22-13/h4-5,10-12H,6-9H2,1-3H3,(H,19,21). The third-order valence-electron chi connectivity index (χ3n) is 4.31. The molecule has 0 unspecified atom stereocenters. The van der Waals surface area contributed by atoms with Crippen molar-refractivity contribution >= 4 is 5.91 Å². The van der Waals surface area contributed by atoms with Gasteiger partial charge in [0.2, 0.25) is 5.76 Å². The van der Waals surface area contributed by atoms with E-state index in [2.05, 4.69) is 36.0 Å². The number of nitrogens with one attached hydrogen (secondary N) is 1. The summed E-state index contributed by atoms with van der Waals surface area (Å²) in [4.78, 5) is 19.0. The molecular formula is C17H23N3O3. The summed E-state index contributed by atoms with van der Waals surface area (Å²) in [5.74, 6) is 0.675. The highest BCUT2D eigenvalue weighted by molar-refractivity contribution is 5.97. The number of aromatic nitrogens is 1. The van der Waals surface area contributed by atoms with Crippen molar-refractivity contribution in [3.63, 3.8) is 0 Å². The van der Waals surface area contributed by atoms with Crippen molar-refractivity contribution in [1.29, 1.82) is 0 Å². The molecule has 6 nitrogen and oxygen atoms in total. The Bertz CT molecular complexity index is 647. The maximum absolute atomic E-state index is 12.5. The molecule has 0 aliphatic carbocycles. The molecule has 0 atom stereocenters. The molecule has 3 rings (SSSR count). The van der Waals surface area contributed by atoms with E-state index in [4.69, 9.17) is 8.83 Å². The molecule has 2 aromatic rings. The lowest BCUT2D eigenvalue weighted by atomic mass is 9.98. The minimum absolute atomic E-state index is 0.169. The molecule has 23 heavy (non-hydrogen) atoms. The van der Waals surface area contributed by atoms with Crippen LogP contribution in [0.1, 0.15) is 44.1 Å². The van der Waals surface area contributed by atoms with E-state index < -0.39 is 0 Å². The fourth-order valence-corrected chi connectivity index (χ4v) is 2.94. The number of likely N-dealkylation sites (tertiary alicyclic amines) is 1. The van der Waals surface area contributed by atoms with Crippen LogP contribution in [-0.2, 0) is 0 Å². The van der Waals surface area contributed by atoms with Crippen LogP contribution in [0, 0.1) is 0 Å². The average Bonchev–Trinajstić information content (AvgIpc) is 3.17. The van der Waals surface area contributed by atoms with Gasteiger partial charge in [0.25, 0.3) is 5.91 Å². The quantitative estimate of drug-likeness (QED) is 0.942. The molecule has 124 valence electrons. The second kappa shape index (κ2) is 6.20. The van der Waals surface area contributed by atoms with Crippen LogP contribution in [0.4, 0.5) is 0 Å². The predicted octanol–water partition coefficient (Wildman–Crippen LogP) is 2.93. The van der Waals surface area contributed by atoms with Crippen molar-refractivity contribution in [1.82, 2.24) is 15.2 Å². The van der Waals surface area contributed by atoms with Gasteiger partial charge in [0.05, 0.1) is 6.26 Å². The highest BCUT2D eigenvalue weighted by atomic mass is 16.4. The van der Waals surface area contributed by atoms with Crippen LogP contribution in [0.25, 0.3) is 11.5 Å². The number of amides is 1. The Morgan fingerprint density at radius 1 is 1.30 bits per heavy atom. The summed E-state index contributed by atoms with van der Waals surface area (Å²) in [7, 11) is 0. The van der Waals surface area contributed by atoms with E-state index in [0.717, 1.165) is 25.9 Å². The molecule has 0 aromatic carbocycles.